The number of hydrazone groups is 1. The second-order valence-electron chi connectivity index (χ2n) is 5.36. The molecule has 0 atom stereocenters. The van der Waals surface area contributed by atoms with E-state index in [1.54, 1.807) is 36.7 Å². The molecule has 7 heteroatoms. The first kappa shape index (κ1) is 18.7. The summed E-state index contributed by atoms with van der Waals surface area (Å²) in [5, 5.41) is 4.37. The van der Waals surface area contributed by atoms with Gasteiger partial charge in [0.2, 0.25) is 0 Å². The van der Waals surface area contributed by atoms with E-state index in [9.17, 15) is 4.79 Å². The van der Waals surface area contributed by atoms with Crippen molar-refractivity contribution in [3.8, 4) is 11.5 Å². The minimum atomic E-state index is -0.325. The number of carbonyl (C=O) groups is 1. The Hall–Kier alpha value is -2.60. The third-order valence-corrected chi connectivity index (χ3v) is 3.29. The molecule has 6 nitrogen and oxygen atoms in total. The number of aromatic nitrogens is 1. The number of hydrogen-bond donors (Lipinski definition) is 1. The molecule has 1 amide bonds. The number of pyridine rings is 1. The molecule has 1 aromatic heterocycles. The van der Waals surface area contributed by atoms with E-state index in [2.05, 4.69) is 15.5 Å². The lowest BCUT2D eigenvalue weighted by Crippen LogP contribution is -2.17. The van der Waals surface area contributed by atoms with Crippen molar-refractivity contribution in [3.63, 3.8) is 0 Å². The smallest absolute Gasteiger partial charge is 0.271 e. The zero-order valence-electron chi connectivity index (χ0n) is 14.3. The standard InChI is InChI=1S/C18H20ClN3O3/c1-4-24-16-10-13(9-15(19)17(16)25-12(2)3)11-21-22-18(23)14-5-7-20-8-6-14/h5-12H,4H2,1-3H3,(H,22,23)/b21-11-. The third kappa shape index (κ3) is 5.46. The van der Waals surface area contributed by atoms with Crippen LogP contribution in [0.25, 0.3) is 0 Å². The third-order valence-electron chi connectivity index (χ3n) is 3.01. The molecule has 0 spiro atoms. The summed E-state index contributed by atoms with van der Waals surface area (Å²) < 4.78 is 11.3. The van der Waals surface area contributed by atoms with Gasteiger partial charge >= 0.3 is 0 Å². The summed E-state index contributed by atoms with van der Waals surface area (Å²) in [6.07, 6.45) is 4.54. The zero-order valence-corrected chi connectivity index (χ0v) is 15.1. The molecule has 0 aliphatic rings. The average Bonchev–Trinajstić information content (AvgIpc) is 2.58. The van der Waals surface area contributed by atoms with E-state index < -0.39 is 0 Å². The molecule has 1 heterocycles. The highest BCUT2D eigenvalue weighted by Gasteiger charge is 2.13. The van der Waals surface area contributed by atoms with Crippen LogP contribution in [-0.2, 0) is 0 Å². The summed E-state index contributed by atoms with van der Waals surface area (Å²) in [6.45, 7) is 6.18. The number of nitrogens with zero attached hydrogens (tertiary/aromatic N) is 2. The van der Waals surface area contributed by atoms with Gasteiger partial charge in [-0.1, -0.05) is 11.6 Å². The Kier molecular flexibility index (Phi) is 6.77. The molecule has 0 bridgehead atoms. The van der Waals surface area contributed by atoms with Gasteiger partial charge in [0.1, 0.15) is 0 Å². The van der Waals surface area contributed by atoms with Gasteiger partial charge in [0, 0.05) is 18.0 Å². The van der Waals surface area contributed by atoms with Gasteiger partial charge in [0.05, 0.1) is 23.9 Å². The van der Waals surface area contributed by atoms with Crippen LogP contribution in [0.2, 0.25) is 5.02 Å². The first-order chi connectivity index (χ1) is 12.0. The van der Waals surface area contributed by atoms with Crippen LogP contribution in [0.5, 0.6) is 11.5 Å². The molecule has 1 aromatic carbocycles. The predicted octanol–water partition coefficient (Wildman–Crippen LogP) is 3.68. The summed E-state index contributed by atoms with van der Waals surface area (Å²) in [7, 11) is 0. The van der Waals surface area contributed by atoms with Crippen LogP contribution < -0.4 is 14.9 Å². The molecule has 1 N–H and O–H groups in total. The lowest BCUT2D eigenvalue weighted by molar-refractivity contribution is 0.0955. The minimum Gasteiger partial charge on any atom is -0.490 e. The van der Waals surface area contributed by atoms with Crippen LogP contribution in [0.4, 0.5) is 0 Å². The number of carbonyl (C=O) groups excluding carboxylic acids is 1. The van der Waals surface area contributed by atoms with Crippen molar-refractivity contribution in [1.29, 1.82) is 0 Å². The lowest BCUT2D eigenvalue weighted by Gasteiger charge is -2.16. The van der Waals surface area contributed by atoms with Crippen molar-refractivity contribution in [3.05, 3.63) is 52.8 Å². The molecule has 0 radical (unpaired) electrons. The number of ether oxygens (including phenoxy) is 2. The molecule has 0 aliphatic carbocycles. The Morgan fingerprint density at radius 3 is 2.72 bits per heavy atom. The summed E-state index contributed by atoms with van der Waals surface area (Å²) in [6, 6.07) is 6.67. The number of benzene rings is 1. The monoisotopic (exact) mass is 361 g/mol. The number of amides is 1. The maximum absolute atomic E-state index is 11.9. The van der Waals surface area contributed by atoms with E-state index in [-0.39, 0.29) is 12.0 Å². The Morgan fingerprint density at radius 2 is 2.08 bits per heavy atom. The van der Waals surface area contributed by atoms with E-state index in [0.717, 1.165) is 0 Å². The van der Waals surface area contributed by atoms with E-state index >= 15 is 0 Å². The van der Waals surface area contributed by atoms with Gasteiger partial charge in [-0.3, -0.25) is 9.78 Å². The molecule has 0 fully saturated rings. The maximum atomic E-state index is 11.9. The molecule has 0 unspecified atom stereocenters. The average molecular weight is 362 g/mol. The molecular formula is C18H20ClN3O3. The number of nitrogens with one attached hydrogen (secondary N) is 1. The van der Waals surface area contributed by atoms with Gasteiger partial charge in [-0.2, -0.15) is 5.10 Å². The van der Waals surface area contributed by atoms with Crippen LogP contribution >= 0.6 is 11.6 Å². The highest BCUT2D eigenvalue weighted by Crippen LogP contribution is 2.37. The van der Waals surface area contributed by atoms with Crippen LogP contribution in [0.1, 0.15) is 36.7 Å². The molecule has 25 heavy (non-hydrogen) atoms. The summed E-state index contributed by atoms with van der Waals surface area (Å²) in [5.74, 6) is 0.705. The van der Waals surface area contributed by atoms with E-state index in [1.807, 2.05) is 20.8 Å². The maximum Gasteiger partial charge on any atom is 0.271 e. The van der Waals surface area contributed by atoms with Crippen LogP contribution in [0.3, 0.4) is 0 Å². The second-order valence-corrected chi connectivity index (χ2v) is 5.77. The fourth-order valence-electron chi connectivity index (χ4n) is 2.01. The van der Waals surface area contributed by atoms with E-state index in [1.165, 1.54) is 6.21 Å². The SMILES string of the molecule is CCOc1cc(/C=N\NC(=O)c2ccncc2)cc(Cl)c1OC(C)C. The Labute approximate surface area is 151 Å². The topological polar surface area (TPSA) is 72.8 Å². The fourth-order valence-corrected chi connectivity index (χ4v) is 2.27. The molecule has 132 valence electrons. The molecule has 2 rings (SSSR count). The highest BCUT2D eigenvalue weighted by atomic mass is 35.5. The normalized spacial score (nSPS) is 10.9. The van der Waals surface area contributed by atoms with Crippen LogP contribution in [0.15, 0.2) is 41.8 Å². The lowest BCUT2D eigenvalue weighted by atomic mass is 10.2. The van der Waals surface area contributed by atoms with Gasteiger partial charge in [-0.15, -0.1) is 0 Å². The minimum absolute atomic E-state index is 0.0316. The van der Waals surface area contributed by atoms with Crippen molar-refractivity contribution in [1.82, 2.24) is 10.4 Å². The molecular weight excluding hydrogens is 342 g/mol. The first-order valence-electron chi connectivity index (χ1n) is 7.87. The largest absolute Gasteiger partial charge is 0.490 e. The van der Waals surface area contributed by atoms with E-state index in [4.69, 9.17) is 21.1 Å². The number of hydrogen-bond acceptors (Lipinski definition) is 5. The molecule has 0 saturated heterocycles. The Balaban J connectivity index is 2.14. The van der Waals surface area contributed by atoms with Gasteiger partial charge in [0.15, 0.2) is 11.5 Å². The van der Waals surface area contributed by atoms with Crippen LogP contribution in [-0.4, -0.2) is 29.8 Å². The molecule has 2 aromatic rings. The van der Waals surface area contributed by atoms with Crippen molar-refractivity contribution < 1.29 is 14.3 Å². The summed E-state index contributed by atoms with van der Waals surface area (Å²) in [4.78, 5) is 15.8. The predicted molar refractivity (Wildman–Crippen MR) is 97.7 cm³/mol. The second kappa shape index (κ2) is 9.03. The Morgan fingerprint density at radius 1 is 1.36 bits per heavy atom. The number of halogens is 1. The quantitative estimate of drug-likeness (QED) is 0.603. The highest BCUT2D eigenvalue weighted by molar-refractivity contribution is 6.32. The molecule has 0 saturated carbocycles. The van der Waals surface area contributed by atoms with Crippen molar-refractivity contribution >= 4 is 23.7 Å². The van der Waals surface area contributed by atoms with Crippen molar-refractivity contribution in [2.75, 3.05) is 6.61 Å². The van der Waals surface area contributed by atoms with Gasteiger partial charge in [-0.25, -0.2) is 5.43 Å². The first-order valence-corrected chi connectivity index (χ1v) is 8.25. The van der Waals surface area contributed by atoms with Crippen molar-refractivity contribution in [2.45, 2.75) is 26.9 Å². The summed E-state index contributed by atoms with van der Waals surface area (Å²) in [5.41, 5.74) is 3.61. The van der Waals surface area contributed by atoms with Gasteiger partial charge in [0.25, 0.3) is 5.91 Å². The van der Waals surface area contributed by atoms with Gasteiger partial charge < -0.3 is 9.47 Å². The molecule has 0 aliphatic heterocycles. The summed E-state index contributed by atoms with van der Waals surface area (Å²) >= 11 is 6.29. The zero-order chi connectivity index (χ0) is 18.2. The van der Waals surface area contributed by atoms with Crippen molar-refractivity contribution in [2.24, 2.45) is 5.10 Å². The van der Waals surface area contributed by atoms with Gasteiger partial charge in [-0.05, 0) is 50.6 Å². The Bertz CT molecular complexity index is 749. The van der Waals surface area contributed by atoms with Crippen LogP contribution in [0, 0.1) is 0 Å². The number of rotatable bonds is 7. The fraction of sp³-hybridized carbons (Fsp3) is 0.278. The van der Waals surface area contributed by atoms with E-state index in [0.29, 0.717) is 34.3 Å².